The summed E-state index contributed by atoms with van der Waals surface area (Å²) in [6.07, 6.45) is 3.51. The van der Waals surface area contributed by atoms with E-state index >= 15 is 0 Å². The van der Waals surface area contributed by atoms with Crippen molar-refractivity contribution < 1.29 is 9.66 Å². The normalized spacial score (nSPS) is 10.8. The summed E-state index contributed by atoms with van der Waals surface area (Å²) in [4.78, 5) is 14.8. The molecule has 0 aliphatic carbocycles. The molecule has 0 unspecified atom stereocenters. The van der Waals surface area contributed by atoms with E-state index in [2.05, 4.69) is 10.3 Å². The third-order valence-electron chi connectivity index (χ3n) is 2.90. The summed E-state index contributed by atoms with van der Waals surface area (Å²) in [5.74, 6) is 0.872. The maximum atomic E-state index is 11.1. The number of aliphatic imine (C=N–C) groups is 1. The summed E-state index contributed by atoms with van der Waals surface area (Å²) in [5.41, 5.74) is 1.19. The molecule has 24 heavy (non-hydrogen) atoms. The molecule has 0 amide bonds. The molecule has 0 aromatic heterocycles. The number of hydrogen-bond acceptors (Lipinski definition) is 6. The molecule has 122 valence electrons. The van der Waals surface area contributed by atoms with Gasteiger partial charge in [-0.15, -0.1) is 0 Å². The number of hydrogen-bond donors (Lipinski definition) is 1. The van der Waals surface area contributed by atoms with Crippen LogP contribution in [0.5, 0.6) is 11.5 Å². The van der Waals surface area contributed by atoms with Gasteiger partial charge >= 0.3 is 0 Å². The Bertz CT molecular complexity index is 830. The Morgan fingerprint density at radius 1 is 1.33 bits per heavy atom. The van der Waals surface area contributed by atoms with E-state index in [0.29, 0.717) is 22.4 Å². The average molecular weight is 342 g/mol. The molecule has 0 spiro atoms. The fourth-order valence-electron chi connectivity index (χ4n) is 1.90. The van der Waals surface area contributed by atoms with Crippen LogP contribution in [0, 0.1) is 28.5 Å². The molecule has 0 radical (unpaired) electrons. The fraction of sp³-hybridized carbons (Fsp3) is 0.125. The molecule has 0 saturated carbocycles. The summed E-state index contributed by atoms with van der Waals surface area (Å²) < 4.78 is 5.70. The maximum absolute atomic E-state index is 11.1. The molecule has 7 nitrogen and oxygen atoms in total. The molecule has 0 aliphatic rings. The molecule has 0 saturated heterocycles. The molecule has 2 aromatic rings. The number of aryl methyl sites for hydroxylation is 1. The lowest BCUT2D eigenvalue weighted by molar-refractivity contribution is -0.384. The Morgan fingerprint density at radius 2 is 2.12 bits per heavy atom. The van der Waals surface area contributed by atoms with E-state index in [9.17, 15) is 10.1 Å². The SMILES string of the molecule is CSC(=Nc1cc(Oc2cccc(C)c2)cc([N+](=O)[O-])c1)NC#N. The van der Waals surface area contributed by atoms with Gasteiger partial charge in [0.05, 0.1) is 16.7 Å². The van der Waals surface area contributed by atoms with Crippen LogP contribution < -0.4 is 10.1 Å². The number of amidine groups is 1. The second-order valence-electron chi connectivity index (χ2n) is 4.72. The van der Waals surface area contributed by atoms with Gasteiger partial charge < -0.3 is 4.74 Å². The Hall–Kier alpha value is -3.05. The van der Waals surface area contributed by atoms with E-state index in [1.54, 1.807) is 24.6 Å². The zero-order valence-corrected chi connectivity index (χ0v) is 13.8. The van der Waals surface area contributed by atoms with E-state index < -0.39 is 4.92 Å². The summed E-state index contributed by atoms with van der Waals surface area (Å²) in [7, 11) is 0. The number of nitrogens with zero attached hydrogens (tertiary/aromatic N) is 3. The first-order valence-electron chi connectivity index (χ1n) is 6.83. The van der Waals surface area contributed by atoms with Crippen LogP contribution in [0.2, 0.25) is 0 Å². The third kappa shape index (κ3) is 4.72. The van der Waals surface area contributed by atoms with E-state index in [1.807, 2.05) is 25.1 Å². The lowest BCUT2D eigenvalue weighted by Gasteiger charge is -2.08. The number of nitro benzene ring substituents is 1. The van der Waals surface area contributed by atoms with Crippen LogP contribution >= 0.6 is 11.8 Å². The van der Waals surface area contributed by atoms with Crippen LogP contribution in [-0.2, 0) is 0 Å². The molecule has 0 heterocycles. The number of nitriles is 1. The van der Waals surface area contributed by atoms with Crippen molar-refractivity contribution in [2.75, 3.05) is 6.26 Å². The van der Waals surface area contributed by atoms with Crippen LogP contribution in [0.4, 0.5) is 11.4 Å². The van der Waals surface area contributed by atoms with E-state index in [4.69, 9.17) is 10.00 Å². The second kappa shape index (κ2) is 7.99. The lowest BCUT2D eigenvalue weighted by Crippen LogP contribution is -2.12. The van der Waals surface area contributed by atoms with Crippen LogP contribution in [0.25, 0.3) is 0 Å². The van der Waals surface area contributed by atoms with Gasteiger partial charge in [0.15, 0.2) is 11.4 Å². The molecular weight excluding hydrogens is 328 g/mol. The van der Waals surface area contributed by atoms with Gasteiger partial charge in [0.2, 0.25) is 0 Å². The van der Waals surface area contributed by atoms with Crippen molar-refractivity contribution in [2.45, 2.75) is 6.92 Å². The number of benzene rings is 2. The summed E-state index contributed by atoms with van der Waals surface area (Å²) in [5, 5.41) is 22.5. The standard InChI is InChI=1S/C16H14N4O3S/c1-11-4-3-5-14(6-11)23-15-8-12(7-13(9-15)20(21)22)19-16(24-2)18-10-17/h3-9H,1-2H3,(H,18,19). The van der Waals surface area contributed by atoms with Crippen molar-refractivity contribution in [2.24, 2.45) is 4.99 Å². The summed E-state index contributed by atoms with van der Waals surface area (Å²) >= 11 is 1.22. The molecular formula is C16H14N4O3S. The summed E-state index contributed by atoms with van der Waals surface area (Å²) in [6.45, 7) is 1.92. The van der Waals surface area contributed by atoms with Gasteiger partial charge in [-0.05, 0) is 30.9 Å². The number of thioether (sulfide) groups is 1. The zero-order chi connectivity index (χ0) is 17.5. The van der Waals surface area contributed by atoms with Gasteiger partial charge in [-0.3, -0.25) is 15.4 Å². The van der Waals surface area contributed by atoms with Crippen LogP contribution in [0.1, 0.15) is 5.56 Å². The average Bonchev–Trinajstić information content (AvgIpc) is 2.54. The molecule has 1 N–H and O–H groups in total. The van der Waals surface area contributed by atoms with Crippen molar-refractivity contribution in [1.82, 2.24) is 5.32 Å². The first kappa shape index (κ1) is 17.3. The zero-order valence-electron chi connectivity index (χ0n) is 13.0. The smallest absolute Gasteiger partial charge is 0.275 e. The Balaban J connectivity index is 2.41. The molecule has 2 rings (SSSR count). The van der Waals surface area contributed by atoms with Gasteiger partial charge in [-0.1, -0.05) is 23.9 Å². The van der Waals surface area contributed by atoms with Crippen LogP contribution in [0.15, 0.2) is 47.5 Å². The highest BCUT2D eigenvalue weighted by molar-refractivity contribution is 8.13. The Kier molecular flexibility index (Phi) is 5.76. The topological polar surface area (TPSA) is 101 Å². The van der Waals surface area contributed by atoms with E-state index in [-0.39, 0.29) is 5.69 Å². The predicted molar refractivity (Wildman–Crippen MR) is 93.7 cm³/mol. The van der Waals surface area contributed by atoms with Gasteiger partial charge in [0, 0.05) is 12.1 Å². The molecule has 0 fully saturated rings. The van der Waals surface area contributed by atoms with E-state index in [1.165, 1.54) is 23.9 Å². The molecule has 8 heteroatoms. The van der Waals surface area contributed by atoms with Crippen molar-refractivity contribution in [3.05, 3.63) is 58.1 Å². The first-order chi connectivity index (χ1) is 11.5. The molecule has 0 atom stereocenters. The van der Waals surface area contributed by atoms with Crippen molar-refractivity contribution in [1.29, 1.82) is 5.26 Å². The van der Waals surface area contributed by atoms with Crippen molar-refractivity contribution >= 4 is 28.3 Å². The van der Waals surface area contributed by atoms with Crippen LogP contribution in [-0.4, -0.2) is 16.3 Å². The predicted octanol–water partition coefficient (Wildman–Crippen LogP) is 4.12. The Morgan fingerprint density at radius 3 is 2.75 bits per heavy atom. The molecule has 0 aliphatic heterocycles. The Labute approximate surface area is 143 Å². The second-order valence-corrected chi connectivity index (χ2v) is 5.51. The van der Waals surface area contributed by atoms with Crippen molar-refractivity contribution in [3.8, 4) is 17.7 Å². The maximum Gasteiger partial charge on any atom is 0.275 e. The fourth-order valence-corrected chi connectivity index (χ4v) is 2.25. The first-order valence-corrected chi connectivity index (χ1v) is 8.06. The van der Waals surface area contributed by atoms with Gasteiger partial charge in [0.1, 0.15) is 11.5 Å². The van der Waals surface area contributed by atoms with E-state index in [0.717, 1.165) is 5.56 Å². The molecule has 0 bridgehead atoms. The minimum absolute atomic E-state index is 0.142. The quantitative estimate of drug-likeness (QED) is 0.224. The lowest BCUT2D eigenvalue weighted by atomic mass is 10.2. The number of nitro groups is 1. The number of non-ortho nitro benzene ring substituents is 1. The van der Waals surface area contributed by atoms with Gasteiger partial charge in [-0.2, -0.15) is 5.26 Å². The largest absolute Gasteiger partial charge is 0.457 e. The highest BCUT2D eigenvalue weighted by atomic mass is 32.2. The van der Waals surface area contributed by atoms with Gasteiger partial charge in [0.25, 0.3) is 5.69 Å². The number of ether oxygens (including phenoxy) is 1. The summed E-state index contributed by atoms with van der Waals surface area (Å²) in [6, 6.07) is 11.6. The minimum Gasteiger partial charge on any atom is -0.457 e. The van der Waals surface area contributed by atoms with Gasteiger partial charge in [-0.25, -0.2) is 4.99 Å². The van der Waals surface area contributed by atoms with Crippen LogP contribution in [0.3, 0.4) is 0 Å². The number of nitrogens with one attached hydrogen (secondary N) is 1. The number of rotatable bonds is 4. The van der Waals surface area contributed by atoms with Crippen molar-refractivity contribution in [3.63, 3.8) is 0 Å². The highest BCUT2D eigenvalue weighted by Gasteiger charge is 2.12. The molecule has 2 aromatic carbocycles. The highest BCUT2D eigenvalue weighted by Crippen LogP contribution is 2.31. The monoisotopic (exact) mass is 342 g/mol. The third-order valence-corrected chi connectivity index (χ3v) is 3.48. The minimum atomic E-state index is -0.515.